The molecule has 0 amide bonds. The van der Waals surface area contributed by atoms with Gasteiger partial charge in [-0.15, -0.1) is 5.10 Å². The predicted octanol–water partition coefficient (Wildman–Crippen LogP) is 4.95. The maximum Gasteiger partial charge on any atom is 0.247 e. The number of aromatic nitrogens is 5. The molecule has 5 rings (SSSR count). The Balaban J connectivity index is 1.38. The van der Waals surface area contributed by atoms with Gasteiger partial charge < -0.3 is 9.88 Å². The molecular weight excluding hydrogens is 372 g/mol. The zero-order valence-electron chi connectivity index (χ0n) is 16.7. The van der Waals surface area contributed by atoms with Crippen LogP contribution in [0.5, 0.6) is 0 Å². The van der Waals surface area contributed by atoms with Gasteiger partial charge in [0.15, 0.2) is 5.65 Å². The van der Waals surface area contributed by atoms with Gasteiger partial charge in [-0.3, -0.25) is 0 Å². The summed E-state index contributed by atoms with van der Waals surface area (Å²) in [4.78, 5) is 8.82. The smallest absolute Gasteiger partial charge is 0.247 e. The zero-order chi connectivity index (χ0) is 20.3. The Morgan fingerprint density at radius 3 is 2.43 bits per heavy atom. The number of pyridine rings is 1. The molecule has 3 heterocycles. The molecule has 3 aromatic heterocycles. The molecule has 6 nitrogen and oxygen atoms in total. The van der Waals surface area contributed by atoms with Crippen molar-refractivity contribution in [2.75, 3.05) is 5.32 Å². The summed E-state index contributed by atoms with van der Waals surface area (Å²) in [6.07, 6.45) is 8.52. The van der Waals surface area contributed by atoms with Crippen LogP contribution in [-0.2, 0) is 13.0 Å². The number of nitrogens with one attached hydrogen (secondary N) is 1. The van der Waals surface area contributed by atoms with Crippen molar-refractivity contribution in [3.05, 3.63) is 96.7 Å². The van der Waals surface area contributed by atoms with Gasteiger partial charge in [0.25, 0.3) is 0 Å². The second kappa shape index (κ2) is 7.83. The highest BCUT2D eigenvalue weighted by Gasteiger charge is 2.10. The number of aryl methyl sites for hydroxylation is 1. The largest absolute Gasteiger partial charge is 0.333 e. The van der Waals surface area contributed by atoms with Crippen LogP contribution in [-0.4, -0.2) is 24.1 Å². The highest BCUT2D eigenvalue weighted by atomic mass is 15.3. The Labute approximate surface area is 174 Å². The minimum Gasteiger partial charge on any atom is -0.333 e. The number of hydrogen-bond donors (Lipinski definition) is 1. The predicted molar refractivity (Wildman–Crippen MR) is 119 cm³/mol. The average molecular weight is 394 g/mol. The normalized spacial score (nSPS) is 11.1. The third kappa shape index (κ3) is 3.67. The van der Waals surface area contributed by atoms with Crippen LogP contribution in [0.4, 0.5) is 11.6 Å². The van der Waals surface area contributed by atoms with Gasteiger partial charge >= 0.3 is 0 Å². The van der Waals surface area contributed by atoms with Crippen molar-refractivity contribution in [1.82, 2.24) is 24.1 Å². The minimum atomic E-state index is 0.579. The summed E-state index contributed by atoms with van der Waals surface area (Å²) in [5, 5.41) is 7.91. The molecule has 0 spiro atoms. The number of fused-ring (bicyclic) bond motifs is 1. The minimum absolute atomic E-state index is 0.579. The molecule has 0 atom stereocenters. The van der Waals surface area contributed by atoms with E-state index in [4.69, 9.17) is 4.98 Å². The molecule has 0 aliphatic heterocycles. The molecule has 30 heavy (non-hydrogen) atoms. The van der Waals surface area contributed by atoms with Gasteiger partial charge in [0.05, 0.1) is 6.33 Å². The Bertz CT molecular complexity index is 1250. The van der Waals surface area contributed by atoms with E-state index in [0.717, 1.165) is 35.4 Å². The van der Waals surface area contributed by atoms with Crippen LogP contribution >= 0.6 is 0 Å². The number of nitrogens with zero attached hydrogens (tertiary/aromatic N) is 5. The van der Waals surface area contributed by atoms with Crippen LogP contribution in [0.2, 0.25) is 0 Å². The van der Waals surface area contributed by atoms with E-state index in [2.05, 4.69) is 64.8 Å². The molecule has 0 aliphatic carbocycles. The van der Waals surface area contributed by atoms with Crippen LogP contribution in [0.3, 0.4) is 0 Å². The van der Waals surface area contributed by atoms with Gasteiger partial charge in [0.2, 0.25) is 5.95 Å². The molecule has 0 unspecified atom stereocenters. The maximum absolute atomic E-state index is 4.74. The lowest BCUT2D eigenvalue weighted by molar-refractivity contribution is 0.797. The van der Waals surface area contributed by atoms with Gasteiger partial charge in [-0.25, -0.2) is 9.50 Å². The summed E-state index contributed by atoms with van der Waals surface area (Å²) in [5.74, 6) is 0.579. The highest BCUT2D eigenvalue weighted by molar-refractivity contribution is 5.78. The first-order valence-electron chi connectivity index (χ1n) is 10.0. The first kappa shape index (κ1) is 18.1. The monoisotopic (exact) mass is 394 g/mol. The molecule has 0 fully saturated rings. The summed E-state index contributed by atoms with van der Waals surface area (Å²) in [6.45, 7) is 2.96. The first-order valence-corrected chi connectivity index (χ1v) is 10.0. The molecule has 6 heteroatoms. The fraction of sp³-hybridized carbons (Fsp3) is 0.125. The quantitative estimate of drug-likeness (QED) is 0.443. The van der Waals surface area contributed by atoms with Gasteiger partial charge in [-0.2, -0.15) is 4.98 Å². The summed E-state index contributed by atoms with van der Waals surface area (Å²) in [7, 11) is 0. The fourth-order valence-corrected chi connectivity index (χ4v) is 3.52. The van der Waals surface area contributed by atoms with Crippen LogP contribution in [0, 0.1) is 0 Å². The average Bonchev–Trinajstić information content (AvgIpc) is 3.44. The molecule has 0 saturated heterocycles. The first-order chi connectivity index (χ1) is 14.8. The molecule has 0 bridgehead atoms. The Hall–Kier alpha value is -3.93. The Kier molecular flexibility index (Phi) is 4.73. The van der Waals surface area contributed by atoms with Crippen LogP contribution in [0.15, 0.2) is 85.6 Å². The SMILES string of the molecule is CCc1ccc(-c2cccn3nc(Nc4ccc(Cn5ccnc5)cc4)nc23)cc1. The molecule has 0 saturated carbocycles. The second-order valence-electron chi connectivity index (χ2n) is 7.23. The Morgan fingerprint density at radius 1 is 0.900 bits per heavy atom. The zero-order valence-corrected chi connectivity index (χ0v) is 16.7. The van der Waals surface area contributed by atoms with Crippen LogP contribution < -0.4 is 5.32 Å². The van der Waals surface area contributed by atoms with Crippen LogP contribution in [0.25, 0.3) is 16.8 Å². The van der Waals surface area contributed by atoms with Gasteiger partial charge in [0, 0.05) is 36.4 Å². The third-order valence-electron chi connectivity index (χ3n) is 5.17. The van der Waals surface area contributed by atoms with E-state index in [-0.39, 0.29) is 0 Å². The number of hydrogen-bond acceptors (Lipinski definition) is 4. The fourth-order valence-electron chi connectivity index (χ4n) is 3.52. The van der Waals surface area contributed by atoms with Crippen molar-refractivity contribution < 1.29 is 0 Å². The summed E-state index contributed by atoms with van der Waals surface area (Å²) >= 11 is 0. The van der Waals surface area contributed by atoms with Crippen molar-refractivity contribution >= 4 is 17.3 Å². The number of imidazole rings is 1. The number of rotatable bonds is 6. The lowest BCUT2D eigenvalue weighted by atomic mass is 10.0. The van der Waals surface area contributed by atoms with Crippen molar-refractivity contribution in [1.29, 1.82) is 0 Å². The molecule has 1 N–H and O–H groups in total. The van der Waals surface area contributed by atoms with Crippen molar-refractivity contribution in [3.63, 3.8) is 0 Å². The van der Waals surface area contributed by atoms with E-state index in [0.29, 0.717) is 5.95 Å². The lowest BCUT2D eigenvalue weighted by Gasteiger charge is -2.05. The van der Waals surface area contributed by atoms with E-state index in [9.17, 15) is 0 Å². The van der Waals surface area contributed by atoms with Gasteiger partial charge in [0.1, 0.15) is 0 Å². The highest BCUT2D eigenvalue weighted by Crippen LogP contribution is 2.25. The summed E-state index contributed by atoms with van der Waals surface area (Å²) < 4.78 is 3.86. The van der Waals surface area contributed by atoms with E-state index < -0.39 is 0 Å². The van der Waals surface area contributed by atoms with E-state index in [1.807, 2.05) is 46.0 Å². The van der Waals surface area contributed by atoms with Gasteiger partial charge in [-0.1, -0.05) is 43.3 Å². The van der Waals surface area contributed by atoms with E-state index in [1.165, 1.54) is 11.1 Å². The summed E-state index contributed by atoms with van der Waals surface area (Å²) in [5.41, 5.74) is 6.53. The third-order valence-corrected chi connectivity index (χ3v) is 5.17. The van der Waals surface area contributed by atoms with Crippen molar-refractivity contribution in [3.8, 4) is 11.1 Å². The molecule has 0 aliphatic rings. The standard InChI is InChI=1S/C24H22N6/c1-2-18-5-9-20(10-6-18)22-4-3-14-30-23(22)27-24(28-30)26-21-11-7-19(8-12-21)16-29-15-13-25-17-29/h3-15,17H,2,16H2,1H3,(H,26,28). The Morgan fingerprint density at radius 2 is 1.70 bits per heavy atom. The molecule has 148 valence electrons. The molecule has 2 aromatic carbocycles. The molecular formula is C24H22N6. The summed E-state index contributed by atoms with van der Waals surface area (Å²) in [6, 6.07) is 21.0. The topological polar surface area (TPSA) is 60.0 Å². The van der Waals surface area contributed by atoms with E-state index >= 15 is 0 Å². The van der Waals surface area contributed by atoms with E-state index in [1.54, 1.807) is 6.20 Å². The van der Waals surface area contributed by atoms with Crippen molar-refractivity contribution in [2.45, 2.75) is 19.9 Å². The molecule has 5 aromatic rings. The second-order valence-corrected chi connectivity index (χ2v) is 7.23. The lowest BCUT2D eigenvalue weighted by Crippen LogP contribution is -1.97. The number of anilines is 2. The van der Waals surface area contributed by atoms with Crippen LogP contribution in [0.1, 0.15) is 18.1 Å². The number of benzene rings is 2. The van der Waals surface area contributed by atoms with Gasteiger partial charge in [-0.05, 0) is 47.4 Å². The van der Waals surface area contributed by atoms with Crippen molar-refractivity contribution in [2.24, 2.45) is 0 Å². The maximum atomic E-state index is 4.74. The molecule has 0 radical (unpaired) electrons.